The highest BCUT2D eigenvalue weighted by atomic mass is 19.4. The number of hydrogen-bond acceptors (Lipinski definition) is 3. The smallest absolute Gasteiger partial charge is 0.303 e. The van der Waals surface area contributed by atoms with Crippen molar-refractivity contribution in [2.24, 2.45) is 5.92 Å². The monoisotopic (exact) mass is 329 g/mol. The third-order valence-electron chi connectivity index (χ3n) is 3.93. The minimum Gasteiger partial charge on any atom is -0.303 e. The maximum Gasteiger partial charge on any atom is 0.471 e. The standard InChI is InChI=1S/C16H22F3N3O/c1-12(2)11-21-8-5-13(6-9-21)22(15(23)16(17,18)19)14-4-3-7-20-10-14/h3-4,7,10,12-13H,5-6,8-9,11H2,1-2H3. The number of nitrogens with zero attached hydrogens (tertiary/aromatic N) is 3. The van der Waals surface area contributed by atoms with Crippen LogP contribution in [-0.2, 0) is 4.79 Å². The summed E-state index contributed by atoms with van der Waals surface area (Å²) in [6, 6.07) is 2.59. The molecule has 1 aliphatic rings. The summed E-state index contributed by atoms with van der Waals surface area (Å²) in [5, 5.41) is 0. The molecule has 2 heterocycles. The number of alkyl halides is 3. The van der Waals surface area contributed by atoms with Gasteiger partial charge < -0.3 is 4.90 Å². The van der Waals surface area contributed by atoms with E-state index in [1.807, 2.05) is 0 Å². The summed E-state index contributed by atoms with van der Waals surface area (Å²) in [6.07, 6.45) is -1.03. The van der Waals surface area contributed by atoms with Gasteiger partial charge in [-0.05, 0) is 30.9 Å². The molecule has 1 amide bonds. The molecular formula is C16H22F3N3O. The molecule has 0 N–H and O–H groups in total. The fraction of sp³-hybridized carbons (Fsp3) is 0.625. The van der Waals surface area contributed by atoms with Crippen molar-refractivity contribution in [3.05, 3.63) is 24.5 Å². The summed E-state index contributed by atoms with van der Waals surface area (Å²) in [5.41, 5.74) is 0.206. The van der Waals surface area contributed by atoms with Gasteiger partial charge in [-0.2, -0.15) is 13.2 Å². The van der Waals surface area contributed by atoms with Crippen molar-refractivity contribution in [3.63, 3.8) is 0 Å². The number of carbonyl (C=O) groups is 1. The van der Waals surface area contributed by atoms with Gasteiger partial charge >= 0.3 is 12.1 Å². The van der Waals surface area contributed by atoms with E-state index in [1.54, 1.807) is 6.07 Å². The Morgan fingerprint density at radius 1 is 1.39 bits per heavy atom. The molecule has 2 rings (SSSR count). The van der Waals surface area contributed by atoms with Gasteiger partial charge in [0.1, 0.15) is 0 Å². The second kappa shape index (κ2) is 7.29. The molecule has 0 spiro atoms. The quantitative estimate of drug-likeness (QED) is 0.852. The molecule has 23 heavy (non-hydrogen) atoms. The molecule has 0 atom stereocenters. The molecule has 0 aliphatic carbocycles. The van der Waals surface area contributed by atoms with Gasteiger partial charge in [-0.15, -0.1) is 0 Å². The summed E-state index contributed by atoms with van der Waals surface area (Å²) in [5.74, 6) is -1.30. The Labute approximate surface area is 134 Å². The summed E-state index contributed by atoms with van der Waals surface area (Å²) in [7, 11) is 0. The average molecular weight is 329 g/mol. The predicted octanol–water partition coefficient (Wildman–Crippen LogP) is 3.10. The van der Waals surface area contributed by atoms with Crippen LogP contribution in [0.25, 0.3) is 0 Å². The first-order valence-corrected chi connectivity index (χ1v) is 7.82. The third-order valence-corrected chi connectivity index (χ3v) is 3.93. The SMILES string of the molecule is CC(C)CN1CCC(N(C(=O)C(F)(F)F)c2cccnc2)CC1. The molecule has 1 aromatic heterocycles. The maximum absolute atomic E-state index is 13.0. The van der Waals surface area contributed by atoms with E-state index in [0.717, 1.165) is 11.4 Å². The molecule has 0 radical (unpaired) electrons. The molecule has 0 unspecified atom stereocenters. The van der Waals surface area contributed by atoms with Crippen LogP contribution < -0.4 is 4.90 Å². The van der Waals surface area contributed by atoms with E-state index < -0.39 is 18.1 Å². The van der Waals surface area contributed by atoms with Crippen LogP contribution in [0.15, 0.2) is 24.5 Å². The van der Waals surface area contributed by atoms with Crippen molar-refractivity contribution in [2.75, 3.05) is 24.5 Å². The lowest BCUT2D eigenvalue weighted by Gasteiger charge is -2.39. The Balaban J connectivity index is 2.15. The second-order valence-electron chi connectivity index (χ2n) is 6.31. The molecule has 128 valence electrons. The highest BCUT2D eigenvalue weighted by Gasteiger charge is 2.45. The zero-order valence-corrected chi connectivity index (χ0v) is 13.4. The summed E-state index contributed by atoms with van der Waals surface area (Å²) >= 11 is 0. The normalized spacial score (nSPS) is 17.5. The molecule has 1 fully saturated rings. The number of likely N-dealkylation sites (tertiary alicyclic amines) is 1. The van der Waals surface area contributed by atoms with Gasteiger partial charge in [0, 0.05) is 31.9 Å². The first kappa shape index (κ1) is 17.7. The van der Waals surface area contributed by atoms with Gasteiger partial charge in [0.15, 0.2) is 0 Å². The van der Waals surface area contributed by atoms with Gasteiger partial charge in [-0.1, -0.05) is 13.8 Å². The topological polar surface area (TPSA) is 36.4 Å². The van der Waals surface area contributed by atoms with Crippen LogP contribution in [-0.4, -0.2) is 47.6 Å². The van der Waals surface area contributed by atoms with E-state index in [2.05, 4.69) is 23.7 Å². The highest BCUT2D eigenvalue weighted by Crippen LogP contribution is 2.29. The van der Waals surface area contributed by atoms with E-state index in [1.165, 1.54) is 18.5 Å². The molecule has 1 saturated heterocycles. The summed E-state index contributed by atoms with van der Waals surface area (Å²) < 4.78 is 38.9. The van der Waals surface area contributed by atoms with Crippen molar-refractivity contribution < 1.29 is 18.0 Å². The lowest BCUT2D eigenvalue weighted by molar-refractivity contribution is -0.171. The number of anilines is 1. The van der Waals surface area contributed by atoms with Crippen LogP contribution in [0.4, 0.5) is 18.9 Å². The predicted molar refractivity (Wildman–Crippen MR) is 82.1 cm³/mol. The molecule has 1 aromatic rings. The second-order valence-corrected chi connectivity index (χ2v) is 6.31. The molecule has 0 saturated carbocycles. The van der Waals surface area contributed by atoms with Crippen molar-refractivity contribution in [2.45, 2.75) is 38.9 Å². The van der Waals surface area contributed by atoms with Gasteiger partial charge in [-0.25, -0.2) is 0 Å². The Morgan fingerprint density at radius 2 is 2.04 bits per heavy atom. The van der Waals surface area contributed by atoms with Crippen molar-refractivity contribution >= 4 is 11.6 Å². The molecular weight excluding hydrogens is 307 g/mol. The number of amides is 1. The summed E-state index contributed by atoms with van der Waals surface area (Å²) in [4.78, 5) is 18.8. The Hall–Kier alpha value is -1.63. The van der Waals surface area contributed by atoms with E-state index in [4.69, 9.17) is 0 Å². The molecule has 0 aromatic carbocycles. The van der Waals surface area contributed by atoms with Gasteiger partial charge in [0.05, 0.1) is 11.9 Å². The van der Waals surface area contributed by atoms with Crippen LogP contribution in [0.1, 0.15) is 26.7 Å². The van der Waals surface area contributed by atoms with Crippen LogP contribution in [0.5, 0.6) is 0 Å². The number of hydrogen-bond donors (Lipinski definition) is 0. The van der Waals surface area contributed by atoms with Crippen LogP contribution in [0.3, 0.4) is 0 Å². The van der Waals surface area contributed by atoms with E-state index in [9.17, 15) is 18.0 Å². The first-order chi connectivity index (χ1) is 10.8. The molecule has 4 nitrogen and oxygen atoms in total. The van der Waals surface area contributed by atoms with Crippen molar-refractivity contribution in [1.82, 2.24) is 9.88 Å². The molecule has 1 aliphatic heterocycles. The van der Waals surface area contributed by atoms with Crippen LogP contribution >= 0.6 is 0 Å². The lowest BCUT2D eigenvalue weighted by Crippen LogP contribution is -2.52. The van der Waals surface area contributed by atoms with Crippen molar-refractivity contribution in [3.8, 4) is 0 Å². The Kier molecular flexibility index (Phi) is 5.62. The fourth-order valence-corrected chi connectivity index (χ4v) is 3.00. The van der Waals surface area contributed by atoms with Gasteiger partial charge in [-0.3, -0.25) is 14.7 Å². The van der Waals surface area contributed by atoms with Gasteiger partial charge in [0.2, 0.25) is 0 Å². The number of aromatic nitrogens is 1. The van der Waals surface area contributed by atoms with E-state index in [0.29, 0.717) is 31.8 Å². The third kappa shape index (κ3) is 4.67. The molecule has 7 heteroatoms. The number of carbonyl (C=O) groups excluding carboxylic acids is 1. The number of pyridine rings is 1. The number of rotatable bonds is 4. The Morgan fingerprint density at radius 3 is 2.52 bits per heavy atom. The summed E-state index contributed by atoms with van der Waals surface area (Å²) in [6.45, 7) is 6.55. The molecule has 0 bridgehead atoms. The Bertz CT molecular complexity index is 511. The zero-order valence-electron chi connectivity index (χ0n) is 13.4. The number of piperidine rings is 1. The van der Waals surface area contributed by atoms with Crippen LogP contribution in [0.2, 0.25) is 0 Å². The van der Waals surface area contributed by atoms with E-state index in [-0.39, 0.29) is 5.69 Å². The fourth-order valence-electron chi connectivity index (χ4n) is 3.00. The van der Waals surface area contributed by atoms with Crippen LogP contribution in [0, 0.1) is 5.92 Å². The zero-order chi connectivity index (χ0) is 17.0. The minimum atomic E-state index is -4.88. The maximum atomic E-state index is 13.0. The van der Waals surface area contributed by atoms with E-state index >= 15 is 0 Å². The largest absolute Gasteiger partial charge is 0.471 e. The minimum absolute atomic E-state index is 0.206. The van der Waals surface area contributed by atoms with Gasteiger partial charge in [0.25, 0.3) is 0 Å². The van der Waals surface area contributed by atoms with Crippen molar-refractivity contribution in [1.29, 1.82) is 0 Å². The first-order valence-electron chi connectivity index (χ1n) is 7.82. The lowest BCUT2D eigenvalue weighted by atomic mass is 10.0. The average Bonchev–Trinajstić information content (AvgIpc) is 2.49. The highest BCUT2D eigenvalue weighted by molar-refractivity contribution is 5.97. The number of halogens is 3.